The van der Waals surface area contributed by atoms with Crippen molar-refractivity contribution in [2.75, 3.05) is 11.1 Å². The van der Waals surface area contributed by atoms with Gasteiger partial charge in [0.25, 0.3) is 0 Å². The van der Waals surface area contributed by atoms with Crippen LogP contribution in [-0.2, 0) is 12.8 Å². The minimum Gasteiger partial charge on any atom is -0.398 e. The van der Waals surface area contributed by atoms with Crippen molar-refractivity contribution in [3.05, 3.63) is 45.6 Å². The summed E-state index contributed by atoms with van der Waals surface area (Å²) in [4.78, 5) is 1.50. The van der Waals surface area contributed by atoms with Gasteiger partial charge in [0, 0.05) is 16.3 Å². The number of nitriles is 1. The van der Waals surface area contributed by atoms with Crippen molar-refractivity contribution < 1.29 is 0 Å². The third-order valence-corrected chi connectivity index (χ3v) is 4.80. The van der Waals surface area contributed by atoms with Gasteiger partial charge in [-0.05, 0) is 60.0 Å². The molecule has 3 nitrogen and oxygen atoms in total. The van der Waals surface area contributed by atoms with Crippen LogP contribution in [0.4, 0.5) is 11.4 Å². The predicted molar refractivity (Wildman–Crippen MR) is 83.8 cm³/mol. The first-order chi connectivity index (χ1) is 9.78. The van der Waals surface area contributed by atoms with Gasteiger partial charge in [-0.25, -0.2) is 0 Å². The van der Waals surface area contributed by atoms with E-state index in [1.807, 2.05) is 29.5 Å². The van der Waals surface area contributed by atoms with E-state index < -0.39 is 0 Å². The minimum atomic E-state index is 0.357. The van der Waals surface area contributed by atoms with Gasteiger partial charge in [-0.3, -0.25) is 0 Å². The van der Waals surface area contributed by atoms with E-state index in [-0.39, 0.29) is 0 Å². The van der Waals surface area contributed by atoms with Crippen LogP contribution in [0.15, 0.2) is 29.6 Å². The molecule has 1 aliphatic carbocycles. The lowest BCUT2D eigenvalue weighted by Crippen LogP contribution is -2.15. The topological polar surface area (TPSA) is 61.8 Å². The number of hydrogen-bond donors (Lipinski definition) is 2. The van der Waals surface area contributed by atoms with Crippen molar-refractivity contribution in [3.8, 4) is 6.07 Å². The van der Waals surface area contributed by atoms with Crippen molar-refractivity contribution >= 4 is 22.7 Å². The van der Waals surface area contributed by atoms with Gasteiger partial charge in [-0.15, -0.1) is 11.3 Å². The average Bonchev–Trinajstić information content (AvgIpc) is 2.92. The van der Waals surface area contributed by atoms with E-state index in [4.69, 9.17) is 11.0 Å². The van der Waals surface area contributed by atoms with E-state index in [9.17, 15) is 0 Å². The summed E-state index contributed by atoms with van der Waals surface area (Å²) < 4.78 is 0. The molecule has 1 heterocycles. The maximum atomic E-state index is 8.83. The van der Waals surface area contributed by atoms with Crippen LogP contribution in [0.2, 0.25) is 0 Å². The molecule has 0 fully saturated rings. The SMILES string of the molecule is N#CCc1cc(NC2CCCc3sccc32)ccc1N. The third kappa shape index (κ3) is 2.50. The molecule has 1 aliphatic rings. The molecule has 2 aromatic rings. The molecule has 0 amide bonds. The standard InChI is InChI=1S/C16H17N3S/c17-8-6-11-10-12(4-5-14(11)18)19-15-2-1-3-16-13(15)7-9-20-16/h4-5,7,9-10,15,19H,1-3,6,18H2. The lowest BCUT2D eigenvalue weighted by molar-refractivity contribution is 0.609. The quantitative estimate of drug-likeness (QED) is 0.840. The Kier molecular flexibility index (Phi) is 3.62. The lowest BCUT2D eigenvalue weighted by atomic mass is 9.93. The van der Waals surface area contributed by atoms with E-state index in [1.165, 1.54) is 23.3 Å². The molecule has 102 valence electrons. The van der Waals surface area contributed by atoms with Gasteiger partial charge in [-0.1, -0.05) is 0 Å². The Hall–Kier alpha value is -1.99. The monoisotopic (exact) mass is 283 g/mol. The van der Waals surface area contributed by atoms with Gasteiger partial charge in [0.2, 0.25) is 0 Å². The molecule has 0 radical (unpaired) electrons. The molecule has 1 aromatic carbocycles. The number of aryl methyl sites for hydroxylation is 1. The number of fused-ring (bicyclic) bond motifs is 1. The minimum absolute atomic E-state index is 0.357. The first-order valence-corrected chi connectivity index (χ1v) is 7.74. The van der Waals surface area contributed by atoms with Gasteiger partial charge in [0.1, 0.15) is 0 Å². The summed E-state index contributed by atoms with van der Waals surface area (Å²) >= 11 is 1.85. The van der Waals surface area contributed by atoms with Crippen LogP contribution >= 0.6 is 11.3 Å². The molecule has 0 aliphatic heterocycles. The summed E-state index contributed by atoms with van der Waals surface area (Å²) in [6, 6.07) is 10.6. The van der Waals surface area contributed by atoms with E-state index in [0.717, 1.165) is 17.7 Å². The lowest BCUT2D eigenvalue weighted by Gasteiger charge is -2.25. The van der Waals surface area contributed by atoms with Crippen molar-refractivity contribution in [3.63, 3.8) is 0 Å². The fourth-order valence-corrected chi connectivity index (χ4v) is 3.76. The highest BCUT2D eigenvalue weighted by Crippen LogP contribution is 2.35. The second-order valence-corrected chi connectivity index (χ2v) is 6.14. The van der Waals surface area contributed by atoms with E-state index in [1.54, 1.807) is 0 Å². The van der Waals surface area contributed by atoms with Gasteiger partial charge < -0.3 is 11.1 Å². The van der Waals surface area contributed by atoms with Crippen LogP contribution in [0.5, 0.6) is 0 Å². The molecule has 0 spiro atoms. The number of nitrogen functional groups attached to an aromatic ring is 1. The van der Waals surface area contributed by atoms with Crippen molar-refractivity contribution in [2.45, 2.75) is 31.7 Å². The van der Waals surface area contributed by atoms with Crippen LogP contribution in [0.1, 0.15) is 34.9 Å². The Morgan fingerprint density at radius 3 is 3.15 bits per heavy atom. The molecule has 3 rings (SSSR count). The summed E-state index contributed by atoms with van der Waals surface area (Å²) in [5, 5.41) is 14.6. The number of rotatable bonds is 3. The molecule has 1 aromatic heterocycles. The normalized spacial score (nSPS) is 17.2. The first kappa shape index (κ1) is 13.0. The highest BCUT2D eigenvalue weighted by Gasteiger charge is 2.21. The molecule has 3 N–H and O–H groups in total. The van der Waals surface area contributed by atoms with Crippen molar-refractivity contribution in [1.29, 1.82) is 5.26 Å². The van der Waals surface area contributed by atoms with Crippen LogP contribution in [0.25, 0.3) is 0 Å². The van der Waals surface area contributed by atoms with E-state index >= 15 is 0 Å². The largest absolute Gasteiger partial charge is 0.398 e. The number of nitrogens with zero attached hydrogens (tertiary/aromatic N) is 1. The molecular weight excluding hydrogens is 266 g/mol. The summed E-state index contributed by atoms with van der Waals surface area (Å²) in [5.41, 5.74) is 9.96. The fourth-order valence-electron chi connectivity index (χ4n) is 2.77. The van der Waals surface area contributed by atoms with Gasteiger partial charge in [0.15, 0.2) is 0 Å². The van der Waals surface area contributed by atoms with E-state index in [2.05, 4.69) is 22.8 Å². The van der Waals surface area contributed by atoms with Crippen molar-refractivity contribution in [2.24, 2.45) is 0 Å². The van der Waals surface area contributed by atoms with Crippen LogP contribution < -0.4 is 11.1 Å². The molecule has 20 heavy (non-hydrogen) atoms. The van der Waals surface area contributed by atoms with Gasteiger partial charge in [0.05, 0.1) is 18.5 Å². The predicted octanol–water partition coefficient (Wildman–Crippen LogP) is 3.89. The van der Waals surface area contributed by atoms with Gasteiger partial charge >= 0.3 is 0 Å². The Bertz CT molecular complexity index is 654. The maximum Gasteiger partial charge on any atom is 0.0670 e. The number of nitrogens with one attached hydrogen (secondary N) is 1. The smallest absolute Gasteiger partial charge is 0.0670 e. The first-order valence-electron chi connectivity index (χ1n) is 6.86. The van der Waals surface area contributed by atoms with Crippen LogP contribution in [-0.4, -0.2) is 0 Å². The average molecular weight is 283 g/mol. The molecule has 1 atom stereocenters. The molecule has 0 saturated heterocycles. The molecule has 0 saturated carbocycles. The molecule has 0 bridgehead atoms. The zero-order chi connectivity index (χ0) is 13.9. The fraction of sp³-hybridized carbons (Fsp3) is 0.312. The Balaban J connectivity index is 1.83. The highest BCUT2D eigenvalue weighted by atomic mass is 32.1. The zero-order valence-corrected chi connectivity index (χ0v) is 12.0. The molecule has 4 heteroatoms. The summed E-state index contributed by atoms with van der Waals surface area (Å²) in [6.45, 7) is 0. The van der Waals surface area contributed by atoms with Crippen LogP contribution in [0, 0.1) is 11.3 Å². The zero-order valence-electron chi connectivity index (χ0n) is 11.2. The second-order valence-electron chi connectivity index (χ2n) is 5.14. The number of hydrogen-bond acceptors (Lipinski definition) is 4. The Labute approximate surface area is 123 Å². The summed E-state index contributed by atoms with van der Waals surface area (Å²) in [7, 11) is 0. The number of nitrogens with two attached hydrogens (primary N) is 1. The summed E-state index contributed by atoms with van der Waals surface area (Å²) in [5.74, 6) is 0. The Morgan fingerprint density at radius 1 is 1.40 bits per heavy atom. The number of anilines is 2. The van der Waals surface area contributed by atoms with Crippen LogP contribution in [0.3, 0.4) is 0 Å². The third-order valence-electron chi connectivity index (χ3n) is 3.81. The number of benzene rings is 1. The maximum absolute atomic E-state index is 8.83. The Morgan fingerprint density at radius 2 is 2.30 bits per heavy atom. The highest BCUT2D eigenvalue weighted by molar-refractivity contribution is 7.10. The second kappa shape index (κ2) is 5.56. The number of thiophene rings is 1. The van der Waals surface area contributed by atoms with Crippen molar-refractivity contribution in [1.82, 2.24) is 0 Å². The van der Waals surface area contributed by atoms with E-state index in [0.29, 0.717) is 18.2 Å². The van der Waals surface area contributed by atoms with Gasteiger partial charge in [-0.2, -0.15) is 5.26 Å². The summed E-state index contributed by atoms with van der Waals surface area (Å²) in [6.07, 6.45) is 3.94. The molecular formula is C16H17N3S. The molecule has 1 unspecified atom stereocenters.